The van der Waals surface area contributed by atoms with Gasteiger partial charge < -0.3 is 14.4 Å². The smallest absolute Gasteiger partial charge is 0.262 e. The van der Waals surface area contributed by atoms with Gasteiger partial charge in [0.2, 0.25) is 5.91 Å². The molecular weight excluding hydrogens is 466 g/mol. The molecule has 0 saturated carbocycles. The SMILES string of the molecule is COCCN(CC(=O)N1N=C(c2cccc(OC)c2)C[C@H]1c1ccccc1Cl)C(=O)CC(C)(C)C. The van der Waals surface area contributed by atoms with Crippen LogP contribution in [0.3, 0.4) is 0 Å². The van der Waals surface area contributed by atoms with Gasteiger partial charge in [-0.15, -0.1) is 0 Å². The minimum atomic E-state index is -0.376. The molecule has 3 rings (SSSR count). The lowest BCUT2D eigenvalue weighted by atomic mass is 9.91. The number of hydrazone groups is 1. The molecule has 0 fully saturated rings. The highest BCUT2D eigenvalue weighted by molar-refractivity contribution is 6.31. The molecule has 0 N–H and O–H groups in total. The molecule has 0 unspecified atom stereocenters. The van der Waals surface area contributed by atoms with Gasteiger partial charge in [0.1, 0.15) is 12.3 Å². The van der Waals surface area contributed by atoms with Crippen LogP contribution in [0.1, 0.15) is 50.8 Å². The van der Waals surface area contributed by atoms with Crippen LogP contribution >= 0.6 is 11.6 Å². The first-order valence-electron chi connectivity index (χ1n) is 11.7. The number of rotatable bonds is 9. The van der Waals surface area contributed by atoms with Crippen molar-refractivity contribution in [2.75, 3.05) is 33.9 Å². The summed E-state index contributed by atoms with van der Waals surface area (Å²) in [5.74, 6) is 0.349. The number of nitrogens with zero attached hydrogens (tertiary/aromatic N) is 3. The van der Waals surface area contributed by atoms with E-state index in [1.807, 2.05) is 63.2 Å². The molecule has 35 heavy (non-hydrogen) atoms. The fraction of sp³-hybridized carbons (Fsp3) is 0.444. The average molecular weight is 500 g/mol. The molecule has 0 bridgehead atoms. The zero-order valence-electron chi connectivity index (χ0n) is 21.1. The standard InChI is InChI=1S/C27H34ClN3O4/c1-27(2,3)17-25(32)30(13-14-34-4)18-26(33)31-24(21-11-6-7-12-22(21)28)16-23(29-31)19-9-8-10-20(15-19)35-5/h6-12,15,24H,13-14,16-18H2,1-5H3/t24-/m0/s1. The number of amides is 2. The lowest BCUT2D eigenvalue weighted by Crippen LogP contribution is -2.43. The summed E-state index contributed by atoms with van der Waals surface area (Å²) >= 11 is 6.52. The predicted octanol–water partition coefficient (Wildman–Crippen LogP) is 4.94. The van der Waals surface area contributed by atoms with Gasteiger partial charge in [0, 0.05) is 37.1 Å². The van der Waals surface area contributed by atoms with Crippen molar-refractivity contribution < 1.29 is 19.1 Å². The highest BCUT2D eigenvalue weighted by Crippen LogP contribution is 2.36. The van der Waals surface area contributed by atoms with E-state index in [9.17, 15) is 9.59 Å². The summed E-state index contributed by atoms with van der Waals surface area (Å²) in [4.78, 5) is 28.2. The first kappa shape index (κ1) is 26.7. The zero-order chi connectivity index (χ0) is 25.6. The molecule has 0 aromatic heterocycles. The van der Waals surface area contributed by atoms with E-state index in [1.165, 1.54) is 5.01 Å². The van der Waals surface area contributed by atoms with Crippen LogP contribution in [0.15, 0.2) is 53.6 Å². The molecule has 7 nitrogen and oxygen atoms in total. The Balaban J connectivity index is 1.92. The average Bonchev–Trinajstić information content (AvgIpc) is 3.26. The topological polar surface area (TPSA) is 71.4 Å². The Hall–Kier alpha value is -2.90. The molecular formula is C27H34ClN3O4. The zero-order valence-corrected chi connectivity index (χ0v) is 21.8. The Morgan fingerprint density at radius 2 is 1.89 bits per heavy atom. The molecule has 1 aliphatic rings. The summed E-state index contributed by atoms with van der Waals surface area (Å²) in [6, 6.07) is 14.7. The van der Waals surface area contributed by atoms with E-state index in [4.69, 9.17) is 26.2 Å². The van der Waals surface area contributed by atoms with Crippen molar-refractivity contribution in [3.63, 3.8) is 0 Å². The molecule has 1 atom stereocenters. The molecule has 1 heterocycles. The second-order valence-corrected chi connectivity index (χ2v) is 10.2. The summed E-state index contributed by atoms with van der Waals surface area (Å²) in [7, 11) is 3.19. The molecule has 0 radical (unpaired) electrons. The normalized spacial score (nSPS) is 15.7. The third-order valence-electron chi connectivity index (χ3n) is 5.76. The van der Waals surface area contributed by atoms with Crippen LogP contribution < -0.4 is 4.74 Å². The van der Waals surface area contributed by atoms with Gasteiger partial charge in [-0.25, -0.2) is 5.01 Å². The van der Waals surface area contributed by atoms with Crippen molar-refractivity contribution in [2.45, 2.75) is 39.7 Å². The summed E-state index contributed by atoms with van der Waals surface area (Å²) in [5.41, 5.74) is 2.24. The van der Waals surface area contributed by atoms with Crippen molar-refractivity contribution >= 4 is 29.1 Å². The minimum Gasteiger partial charge on any atom is -0.497 e. The largest absolute Gasteiger partial charge is 0.497 e. The van der Waals surface area contributed by atoms with Crippen LogP contribution in [0.2, 0.25) is 5.02 Å². The lowest BCUT2D eigenvalue weighted by Gasteiger charge is -2.29. The maximum absolute atomic E-state index is 13.6. The van der Waals surface area contributed by atoms with Crippen LogP contribution in [0.25, 0.3) is 0 Å². The molecule has 1 aliphatic heterocycles. The van der Waals surface area contributed by atoms with Gasteiger partial charge in [-0.2, -0.15) is 5.10 Å². The molecule has 8 heteroatoms. The second kappa shape index (κ2) is 11.7. The number of halogens is 1. The Bertz CT molecular complexity index is 1080. The number of hydrogen-bond donors (Lipinski definition) is 0. The monoisotopic (exact) mass is 499 g/mol. The highest BCUT2D eigenvalue weighted by Gasteiger charge is 2.35. The van der Waals surface area contributed by atoms with Gasteiger partial charge in [0.15, 0.2) is 0 Å². The van der Waals surface area contributed by atoms with E-state index in [0.717, 1.165) is 16.8 Å². The third-order valence-corrected chi connectivity index (χ3v) is 6.10. The number of hydrogen-bond acceptors (Lipinski definition) is 5. The summed E-state index contributed by atoms with van der Waals surface area (Å²) in [6.45, 7) is 6.58. The summed E-state index contributed by atoms with van der Waals surface area (Å²) < 4.78 is 10.5. The van der Waals surface area contributed by atoms with Gasteiger partial charge in [0.05, 0.1) is 25.5 Å². The molecule has 188 valence electrons. The maximum Gasteiger partial charge on any atom is 0.262 e. The number of carbonyl (C=O) groups excluding carboxylic acids is 2. The van der Waals surface area contributed by atoms with Crippen molar-refractivity contribution in [1.82, 2.24) is 9.91 Å². The van der Waals surface area contributed by atoms with Crippen molar-refractivity contribution in [3.8, 4) is 5.75 Å². The van der Waals surface area contributed by atoms with Crippen molar-refractivity contribution in [1.29, 1.82) is 0 Å². The molecule has 2 aromatic rings. The van der Waals surface area contributed by atoms with Crippen LogP contribution in [-0.2, 0) is 14.3 Å². The fourth-order valence-electron chi connectivity index (χ4n) is 4.00. The third kappa shape index (κ3) is 7.05. The van der Waals surface area contributed by atoms with E-state index in [0.29, 0.717) is 36.8 Å². The highest BCUT2D eigenvalue weighted by atomic mass is 35.5. The Labute approximate surface area is 212 Å². The second-order valence-electron chi connectivity index (χ2n) is 9.80. The van der Waals surface area contributed by atoms with Gasteiger partial charge >= 0.3 is 0 Å². The van der Waals surface area contributed by atoms with E-state index in [2.05, 4.69) is 0 Å². The number of methoxy groups -OCH3 is 2. The van der Waals surface area contributed by atoms with Crippen LogP contribution in [0.5, 0.6) is 5.75 Å². The number of benzene rings is 2. The maximum atomic E-state index is 13.6. The Kier molecular flexibility index (Phi) is 8.92. The van der Waals surface area contributed by atoms with Crippen LogP contribution in [-0.4, -0.2) is 61.4 Å². The minimum absolute atomic E-state index is 0.0892. The van der Waals surface area contributed by atoms with Gasteiger partial charge in [-0.05, 0) is 29.2 Å². The Morgan fingerprint density at radius 3 is 2.54 bits per heavy atom. The lowest BCUT2D eigenvalue weighted by molar-refractivity contribution is -0.143. The van der Waals surface area contributed by atoms with Crippen molar-refractivity contribution in [2.24, 2.45) is 10.5 Å². The van der Waals surface area contributed by atoms with Crippen LogP contribution in [0.4, 0.5) is 0 Å². The molecule has 2 amide bonds. The van der Waals surface area contributed by atoms with E-state index < -0.39 is 0 Å². The van der Waals surface area contributed by atoms with Gasteiger partial charge in [-0.3, -0.25) is 9.59 Å². The molecule has 2 aromatic carbocycles. The molecule has 0 aliphatic carbocycles. The number of carbonyl (C=O) groups is 2. The Morgan fingerprint density at radius 1 is 1.14 bits per heavy atom. The van der Waals surface area contributed by atoms with Crippen molar-refractivity contribution in [3.05, 3.63) is 64.7 Å². The van der Waals surface area contributed by atoms with E-state index >= 15 is 0 Å². The first-order valence-corrected chi connectivity index (χ1v) is 12.1. The quantitative estimate of drug-likeness (QED) is 0.490. The van der Waals surface area contributed by atoms with Gasteiger partial charge in [-0.1, -0.05) is 62.7 Å². The van der Waals surface area contributed by atoms with E-state index in [1.54, 1.807) is 25.2 Å². The fourth-order valence-corrected chi connectivity index (χ4v) is 4.26. The predicted molar refractivity (Wildman–Crippen MR) is 138 cm³/mol. The van der Waals surface area contributed by atoms with Crippen LogP contribution in [0, 0.1) is 5.41 Å². The van der Waals surface area contributed by atoms with E-state index in [-0.39, 0.29) is 29.8 Å². The summed E-state index contributed by atoms with van der Waals surface area (Å²) in [5, 5.41) is 6.76. The molecule has 0 saturated heterocycles. The number of ether oxygens (including phenoxy) is 2. The van der Waals surface area contributed by atoms with Gasteiger partial charge in [0.25, 0.3) is 5.91 Å². The first-order chi connectivity index (χ1) is 16.6. The molecule has 0 spiro atoms. The summed E-state index contributed by atoms with van der Waals surface area (Å²) in [6.07, 6.45) is 0.826.